The predicted molar refractivity (Wildman–Crippen MR) is 72.8 cm³/mol. The van der Waals surface area contributed by atoms with E-state index in [-0.39, 0.29) is 12.0 Å². The van der Waals surface area contributed by atoms with Gasteiger partial charge in [0.25, 0.3) is 0 Å². The Morgan fingerprint density at radius 1 is 1.61 bits per heavy atom. The number of hydrogen-bond donors (Lipinski definition) is 2. The summed E-state index contributed by atoms with van der Waals surface area (Å²) in [5.74, 6) is -0.0501. The molecule has 1 amide bonds. The highest BCUT2D eigenvalue weighted by molar-refractivity contribution is 6.33. The van der Waals surface area contributed by atoms with Gasteiger partial charge in [-0.25, -0.2) is 0 Å². The summed E-state index contributed by atoms with van der Waals surface area (Å²) in [6.45, 7) is 2.64. The fourth-order valence-electron chi connectivity index (χ4n) is 2.05. The molecule has 0 spiro atoms. The highest BCUT2D eigenvalue weighted by Gasteiger charge is 2.19. The zero-order valence-electron chi connectivity index (χ0n) is 10.3. The molecule has 0 aliphatic carbocycles. The third-order valence-corrected chi connectivity index (χ3v) is 3.38. The second-order valence-corrected chi connectivity index (χ2v) is 4.98. The Morgan fingerprint density at radius 2 is 2.39 bits per heavy atom. The van der Waals surface area contributed by atoms with Crippen LogP contribution in [0.5, 0.6) is 0 Å². The van der Waals surface area contributed by atoms with Crippen LogP contribution in [0.1, 0.15) is 24.8 Å². The Balaban J connectivity index is 2.00. The van der Waals surface area contributed by atoms with Crippen LogP contribution in [0.25, 0.3) is 0 Å². The summed E-state index contributed by atoms with van der Waals surface area (Å²) in [5, 5.41) is 3.30. The smallest absolute Gasteiger partial charge is 0.226 e. The average Bonchev–Trinajstić information content (AvgIpc) is 2.78. The number of nitrogens with one attached hydrogen (secondary N) is 1. The molecule has 0 saturated carbocycles. The first kappa shape index (κ1) is 13.2. The van der Waals surface area contributed by atoms with E-state index in [9.17, 15) is 4.79 Å². The standard InChI is InChI=1S/C13H17ClN2O2/c1-8-5-11(15)10(14)7-12(8)16-13(17)6-9-3-2-4-18-9/h5,7,9H,2-4,6,15H2,1H3,(H,16,17). The van der Waals surface area contributed by atoms with E-state index in [1.807, 2.05) is 6.92 Å². The van der Waals surface area contributed by atoms with E-state index in [2.05, 4.69) is 5.32 Å². The molecule has 1 aromatic carbocycles. The van der Waals surface area contributed by atoms with Crippen molar-refractivity contribution in [3.8, 4) is 0 Å². The van der Waals surface area contributed by atoms with Gasteiger partial charge in [0.15, 0.2) is 0 Å². The lowest BCUT2D eigenvalue weighted by molar-refractivity contribution is -0.118. The SMILES string of the molecule is Cc1cc(N)c(Cl)cc1NC(=O)CC1CCCO1. The van der Waals surface area contributed by atoms with Gasteiger partial charge in [-0.2, -0.15) is 0 Å². The molecular weight excluding hydrogens is 252 g/mol. The van der Waals surface area contributed by atoms with E-state index in [0.717, 1.165) is 25.0 Å². The molecule has 1 aliphatic heterocycles. The average molecular weight is 269 g/mol. The molecule has 0 radical (unpaired) electrons. The number of carbonyl (C=O) groups excluding carboxylic acids is 1. The number of nitrogen functional groups attached to an aromatic ring is 1. The van der Waals surface area contributed by atoms with Crippen molar-refractivity contribution < 1.29 is 9.53 Å². The van der Waals surface area contributed by atoms with E-state index in [4.69, 9.17) is 22.1 Å². The first-order valence-electron chi connectivity index (χ1n) is 6.03. The molecule has 0 aromatic heterocycles. The van der Waals surface area contributed by atoms with Crippen LogP contribution >= 0.6 is 11.6 Å². The zero-order valence-corrected chi connectivity index (χ0v) is 11.1. The normalized spacial score (nSPS) is 18.9. The number of aryl methyl sites for hydroxylation is 1. The molecule has 18 heavy (non-hydrogen) atoms. The summed E-state index contributed by atoms with van der Waals surface area (Å²) in [6, 6.07) is 3.43. The maximum Gasteiger partial charge on any atom is 0.226 e. The first-order chi connectivity index (χ1) is 8.56. The van der Waals surface area contributed by atoms with E-state index >= 15 is 0 Å². The third-order valence-electron chi connectivity index (χ3n) is 3.05. The minimum atomic E-state index is -0.0501. The van der Waals surface area contributed by atoms with Crippen LogP contribution in [0, 0.1) is 6.92 Å². The molecule has 0 bridgehead atoms. The lowest BCUT2D eigenvalue weighted by Crippen LogP contribution is -2.19. The quantitative estimate of drug-likeness (QED) is 0.829. The largest absolute Gasteiger partial charge is 0.398 e. The zero-order chi connectivity index (χ0) is 13.1. The van der Waals surface area contributed by atoms with Crippen LogP contribution in [0.3, 0.4) is 0 Å². The molecule has 1 aromatic rings. The van der Waals surface area contributed by atoms with Crippen molar-refractivity contribution in [1.29, 1.82) is 0 Å². The molecule has 1 saturated heterocycles. The summed E-state index contributed by atoms with van der Waals surface area (Å²) in [7, 11) is 0. The molecule has 1 unspecified atom stereocenters. The van der Waals surface area contributed by atoms with Gasteiger partial charge in [0.1, 0.15) is 0 Å². The molecule has 2 rings (SSSR count). The topological polar surface area (TPSA) is 64.3 Å². The van der Waals surface area contributed by atoms with Crippen molar-refractivity contribution >= 4 is 28.9 Å². The molecule has 1 fully saturated rings. The van der Waals surface area contributed by atoms with Crippen molar-refractivity contribution in [3.63, 3.8) is 0 Å². The van der Waals surface area contributed by atoms with Crippen LogP contribution < -0.4 is 11.1 Å². The molecule has 5 heteroatoms. The maximum absolute atomic E-state index is 11.9. The van der Waals surface area contributed by atoms with E-state index in [0.29, 0.717) is 22.8 Å². The summed E-state index contributed by atoms with van der Waals surface area (Å²) < 4.78 is 5.43. The number of nitrogens with two attached hydrogens (primary N) is 1. The number of hydrogen-bond acceptors (Lipinski definition) is 3. The Kier molecular flexibility index (Phi) is 4.09. The lowest BCUT2D eigenvalue weighted by atomic mass is 10.1. The van der Waals surface area contributed by atoms with Crippen LogP contribution in [0.15, 0.2) is 12.1 Å². The van der Waals surface area contributed by atoms with E-state index in [1.54, 1.807) is 12.1 Å². The fraction of sp³-hybridized carbons (Fsp3) is 0.462. The molecule has 1 heterocycles. The lowest BCUT2D eigenvalue weighted by Gasteiger charge is -2.12. The van der Waals surface area contributed by atoms with Gasteiger partial charge in [0.2, 0.25) is 5.91 Å². The van der Waals surface area contributed by atoms with Crippen LogP contribution in [0.4, 0.5) is 11.4 Å². The summed E-state index contributed by atoms with van der Waals surface area (Å²) >= 11 is 5.94. The molecule has 1 aliphatic rings. The Morgan fingerprint density at radius 3 is 3.06 bits per heavy atom. The summed E-state index contributed by atoms with van der Waals surface area (Å²) in [4.78, 5) is 11.9. The Bertz CT molecular complexity index is 457. The molecule has 98 valence electrons. The van der Waals surface area contributed by atoms with Gasteiger partial charge >= 0.3 is 0 Å². The number of anilines is 2. The van der Waals surface area contributed by atoms with Crippen molar-refractivity contribution in [2.75, 3.05) is 17.7 Å². The maximum atomic E-state index is 11.9. The minimum Gasteiger partial charge on any atom is -0.398 e. The van der Waals surface area contributed by atoms with Crippen LogP contribution in [-0.4, -0.2) is 18.6 Å². The number of amides is 1. The molecule has 4 nitrogen and oxygen atoms in total. The van der Waals surface area contributed by atoms with Gasteiger partial charge in [0, 0.05) is 12.3 Å². The van der Waals surface area contributed by atoms with Gasteiger partial charge in [-0.1, -0.05) is 11.6 Å². The first-order valence-corrected chi connectivity index (χ1v) is 6.41. The summed E-state index contributed by atoms with van der Waals surface area (Å²) in [5.41, 5.74) is 7.81. The van der Waals surface area contributed by atoms with Crippen molar-refractivity contribution in [1.82, 2.24) is 0 Å². The van der Waals surface area contributed by atoms with Gasteiger partial charge in [-0.15, -0.1) is 0 Å². The van der Waals surface area contributed by atoms with Gasteiger partial charge < -0.3 is 15.8 Å². The van der Waals surface area contributed by atoms with Gasteiger partial charge in [0.05, 0.1) is 23.2 Å². The number of halogens is 1. The van der Waals surface area contributed by atoms with Crippen molar-refractivity contribution in [2.45, 2.75) is 32.3 Å². The monoisotopic (exact) mass is 268 g/mol. The second-order valence-electron chi connectivity index (χ2n) is 4.58. The number of rotatable bonds is 3. The predicted octanol–water partition coefficient (Wildman–Crippen LogP) is 2.74. The van der Waals surface area contributed by atoms with Crippen LogP contribution in [-0.2, 0) is 9.53 Å². The third kappa shape index (κ3) is 3.15. The molecule has 1 atom stereocenters. The highest BCUT2D eigenvalue weighted by atomic mass is 35.5. The number of benzene rings is 1. The fourth-order valence-corrected chi connectivity index (χ4v) is 2.22. The van der Waals surface area contributed by atoms with Crippen LogP contribution in [0.2, 0.25) is 5.02 Å². The van der Waals surface area contributed by atoms with Gasteiger partial charge in [-0.3, -0.25) is 4.79 Å². The van der Waals surface area contributed by atoms with E-state index in [1.165, 1.54) is 0 Å². The van der Waals surface area contributed by atoms with E-state index < -0.39 is 0 Å². The summed E-state index contributed by atoms with van der Waals surface area (Å²) in [6.07, 6.45) is 2.43. The Labute approximate surface area is 111 Å². The number of ether oxygens (including phenoxy) is 1. The van der Waals surface area contributed by atoms with Crippen molar-refractivity contribution in [3.05, 3.63) is 22.7 Å². The van der Waals surface area contributed by atoms with Crippen molar-refractivity contribution in [2.24, 2.45) is 0 Å². The second kappa shape index (κ2) is 5.59. The number of carbonyl (C=O) groups is 1. The molecule has 3 N–H and O–H groups in total. The Hall–Kier alpha value is -1.26. The van der Waals surface area contributed by atoms with Gasteiger partial charge in [-0.05, 0) is 37.5 Å². The molecular formula is C13H17ClN2O2. The minimum absolute atomic E-state index is 0.0501. The highest BCUT2D eigenvalue weighted by Crippen LogP contribution is 2.27.